The fraction of sp³-hybridized carbons (Fsp3) is 0.176. The van der Waals surface area contributed by atoms with Crippen LogP contribution < -0.4 is 5.43 Å². The van der Waals surface area contributed by atoms with E-state index in [9.17, 15) is 4.79 Å². The predicted molar refractivity (Wildman–Crippen MR) is 89.9 cm³/mol. The third kappa shape index (κ3) is 4.02. The van der Waals surface area contributed by atoms with E-state index in [1.165, 1.54) is 5.56 Å². The van der Waals surface area contributed by atoms with Crippen molar-refractivity contribution < 1.29 is 4.79 Å². The summed E-state index contributed by atoms with van der Waals surface area (Å²) in [6.45, 7) is 6.14. The molecule has 0 aliphatic carbocycles. The van der Waals surface area contributed by atoms with Crippen molar-refractivity contribution >= 4 is 28.1 Å². The predicted octanol–water partition coefficient (Wildman–Crippen LogP) is 4.14. The number of nitrogens with one attached hydrogen (secondary N) is 1. The van der Waals surface area contributed by atoms with Crippen LogP contribution in [0.3, 0.4) is 0 Å². The topological polar surface area (TPSA) is 41.5 Å². The third-order valence-electron chi connectivity index (χ3n) is 3.18. The molecular weight excluding hydrogens is 328 g/mol. The fourth-order valence-electron chi connectivity index (χ4n) is 2.24. The van der Waals surface area contributed by atoms with Crippen molar-refractivity contribution in [3.8, 4) is 0 Å². The van der Waals surface area contributed by atoms with E-state index in [4.69, 9.17) is 0 Å². The second-order valence-corrected chi connectivity index (χ2v) is 5.94. The Hall–Kier alpha value is -1.94. The lowest BCUT2D eigenvalue weighted by atomic mass is 10.0. The fourth-order valence-corrected chi connectivity index (χ4v) is 2.64. The Morgan fingerprint density at radius 2 is 1.81 bits per heavy atom. The lowest BCUT2D eigenvalue weighted by Gasteiger charge is -2.06. The van der Waals surface area contributed by atoms with Crippen molar-refractivity contribution in [3.63, 3.8) is 0 Å². The maximum Gasteiger partial charge on any atom is 0.271 e. The Bertz CT molecular complexity index is 685. The molecule has 0 aromatic heterocycles. The van der Waals surface area contributed by atoms with E-state index < -0.39 is 0 Å². The molecule has 3 nitrogen and oxygen atoms in total. The van der Waals surface area contributed by atoms with Crippen molar-refractivity contribution in [2.24, 2.45) is 5.10 Å². The number of nitrogens with zero attached hydrogens (tertiary/aromatic N) is 1. The van der Waals surface area contributed by atoms with Crippen LogP contribution in [0.2, 0.25) is 0 Å². The largest absolute Gasteiger partial charge is 0.271 e. The number of halogens is 1. The summed E-state index contributed by atoms with van der Waals surface area (Å²) in [5, 5.41) is 4.06. The SMILES string of the molecule is Cc1cc(C)c(C=NNC(=O)c2cccc(Br)c2)c(C)c1. The van der Waals surface area contributed by atoms with Gasteiger partial charge in [-0.15, -0.1) is 0 Å². The van der Waals surface area contributed by atoms with Crippen molar-refractivity contribution in [1.29, 1.82) is 0 Å². The van der Waals surface area contributed by atoms with Gasteiger partial charge >= 0.3 is 0 Å². The quantitative estimate of drug-likeness (QED) is 0.659. The lowest BCUT2D eigenvalue weighted by Crippen LogP contribution is -2.17. The Morgan fingerprint density at radius 1 is 1.14 bits per heavy atom. The molecule has 2 aromatic carbocycles. The van der Waals surface area contributed by atoms with Crippen LogP contribution in [0.4, 0.5) is 0 Å². The summed E-state index contributed by atoms with van der Waals surface area (Å²) in [5.41, 5.74) is 7.67. The van der Waals surface area contributed by atoms with Gasteiger partial charge in [0.05, 0.1) is 6.21 Å². The van der Waals surface area contributed by atoms with Crippen LogP contribution in [-0.2, 0) is 0 Å². The summed E-state index contributed by atoms with van der Waals surface area (Å²) < 4.78 is 0.865. The highest BCUT2D eigenvalue weighted by Crippen LogP contribution is 2.14. The molecule has 0 aliphatic heterocycles. The number of aryl methyl sites for hydroxylation is 3. The molecule has 108 valence electrons. The van der Waals surface area contributed by atoms with Crippen LogP contribution in [0.15, 0.2) is 46.0 Å². The number of carbonyl (C=O) groups excluding carboxylic acids is 1. The van der Waals surface area contributed by atoms with Crippen LogP contribution >= 0.6 is 15.9 Å². The van der Waals surface area contributed by atoms with Gasteiger partial charge in [-0.1, -0.05) is 39.7 Å². The van der Waals surface area contributed by atoms with Gasteiger partial charge in [0.25, 0.3) is 5.91 Å². The summed E-state index contributed by atoms with van der Waals surface area (Å²) in [7, 11) is 0. The van der Waals surface area contributed by atoms with Crippen LogP contribution in [0.5, 0.6) is 0 Å². The molecule has 0 bridgehead atoms. The van der Waals surface area contributed by atoms with Gasteiger partial charge < -0.3 is 0 Å². The highest BCUT2D eigenvalue weighted by molar-refractivity contribution is 9.10. The highest BCUT2D eigenvalue weighted by Gasteiger charge is 2.05. The van der Waals surface area contributed by atoms with Crippen LogP contribution in [0, 0.1) is 20.8 Å². The molecule has 0 fully saturated rings. The van der Waals surface area contributed by atoms with E-state index in [1.54, 1.807) is 18.3 Å². The molecule has 0 spiro atoms. The van der Waals surface area contributed by atoms with E-state index in [2.05, 4.69) is 45.5 Å². The first-order chi connectivity index (χ1) is 9.97. The number of hydrogen-bond acceptors (Lipinski definition) is 2. The molecule has 1 amide bonds. The third-order valence-corrected chi connectivity index (χ3v) is 3.68. The van der Waals surface area contributed by atoms with E-state index in [-0.39, 0.29) is 5.91 Å². The number of amides is 1. The zero-order valence-corrected chi connectivity index (χ0v) is 13.9. The minimum Gasteiger partial charge on any atom is -0.267 e. The second-order valence-electron chi connectivity index (χ2n) is 5.02. The maximum atomic E-state index is 12.0. The van der Waals surface area contributed by atoms with Gasteiger partial charge in [0.15, 0.2) is 0 Å². The molecule has 2 aromatic rings. The first kappa shape index (κ1) is 15.4. The highest BCUT2D eigenvalue weighted by atomic mass is 79.9. The molecule has 0 aliphatic rings. The molecule has 0 heterocycles. The van der Waals surface area contributed by atoms with Crippen LogP contribution in [0.1, 0.15) is 32.6 Å². The number of benzene rings is 2. The summed E-state index contributed by atoms with van der Waals surface area (Å²) in [4.78, 5) is 12.0. The Kier molecular flexibility index (Phi) is 4.91. The monoisotopic (exact) mass is 344 g/mol. The van der Waals surface area contributed by atoms with Gasteiger partial charge in [0.1, 0.15) is 0 Å². The molecular formula is C17H17BrN2O. The van der Waals surface area contributed by atoms with Crippen LogP contribution in [-0.4, -0.2) is 12.1 Å². The first-order valence-corrected chi connectivity index (χ1v) is 7.43. The maximum absolute atomic E-state index is 12.0. The number of carbonyl (C=O) groups is 1. The summed E-state index contributed by atoms with van der Waals surface area (Å²) in [5.74, 6) is -0.227. The van der Waals surface area contributed by atoms with Gasteiger partial charge in [-0.2, -0.15) is 5.10 Å². The van der Waals surface area contributed by atoms with Crippen molar-refractivity contribution in [2.75, 3.05) is 0 Å². The molecule has 0 saturated carbocycles. The van der Waals surface area contributed by atoms with Crippen molar-refractivity contribution in [3.05, 3.63) is 68.7 Å². The van der Waals surface area contributed by atoms with Gasteiger partial charge in [-0.25, -0.2) is 5.43 Å². The van der Waals surface area contributed by atoms with Gasteiger partial charge in [0, 0.05) is 15.6 Å². The van der Waals surface area contributed by atoms with E-state index in [0.717, 1.165) is 21.2 Å². The zero-order chi connectivity index (χ0) is 15.4. The zero-order valence-electron chi connectivity index (χ0n) is 12.3. The van der Waals surface area contributed by atoms with Crippen molar-refractivity contribution in [1.82, 2.24) is 5.43 Å². The standard InChI is InChI=1S/C17H17BrN2O/c1-11-7-12(2)16(13(3)8-11)10-19-20-17(21)14-5-4-6-15(18)9-14/h4-10H,1-3H3,(H,20,21). The first-order valence-electron chi connectivity index (χ1n) is 6.64. The summed E-state index contributed by atoms with van der Waals surface area (Å²) in [6, 6.07) is 11.4. The lowest BCUT2D eigenvalue weighted by molar-refractivity contribution is 0.0955. The van der Waals surface area contributed by atoms with Gasteiger partial charge in [0.2, 0.25) is 0 Å². The van der Waals surface area contributed by atoms with E-state index in [1.807, 2.05) is 26.0 Å². The summed E-state index contributed by atoms with van der Waals surface area (Å²) >= 11 is 3.34. The molecule has 1 N–H and O–H groups in total. The number of rotatable bonds is 3. The average molecular weight is 345 g/mol. The molecule has 0 saturated heterocycles. The van der Waals surface area contributed by atoms with Crippen molar-refractivity contribution in [2.45, 2.75) is 20.8 Å². The molecule has 0 atom stereocenters. The molecule has 0 radical (unpaired) electrons. The van der Waals surface area contributed by atoms with E-state index >= 15 is 0 Å². The van der Waals surface area contributed by atoms with Gasteiger partial charge in [-0.05, 0) is 50.1 Å². The normalized spacial score (nSPS) is 10.9. The van der Waals surface area contributed by atoms with E-state index in [0.29, 0.717) is 5.56 Å². The minimum absolute atomic E-state index is 0.227. The molecule has 21 heavy (non-hydrogen) atoms. The number of hydrogen-bond donors (Lipinski definition) is 1. The molecule has 0 unspecified atom stereocenters. The Labute approximate surface area is 133 Å². The average Bonchev–Trinajstić information content (AvgIpc) is 2.41. The Morgan fingerprint density at radius 3 is 2.43 bits per heavy atom. The summed E-state index contributed by atoms with van der Waals surface area (Å²) in [6.07, 6.45) is 1.69. The molecule has 4 heteroatoms. The second kappa shape index (κ2) is 6.68. The Balaban J connectivity index is 2.11. The van der Waals surface area contributed by atoms with Gasteiger partial charge in [-0.3, -0.25) is 4.79 Å². The minimum atomic E-state index is -0.227. The van der Waals surface area contributed by atoms with Crippen LogP contribution in [0.25, 0.3) is 0 Å². The molecule has 2 rings (SSSR count). The number of hydrazone groups is 1. The smallest absolute Gasteiger partial charge is 0.267 e.